The van der Waals surface area contributed by atoms with Crippen LogP contribution in [0, 0.1) is 0 Å². The molecule has 0 aliphatic heterocycles. The standard InChI is InChI=1S/C26H36N4O4/c1-4-10-19-17-30(6-3)24-23(19)27-25(28-26(24)32)20-16-18(13-14-21(20)34-15-5-2)11-8-7-9-12-22(31)29-33/h13-14,16-17,33H,4-12,15H2,1-3H3,(H,29,31)(H,27,28,32). The van der Waals surface area contributed by atoms with E-state index in [0.717, 1.165) is 67.2 Å². The van der Waals surface area contributed by atoms with E-state index in [0.29, 0.717) is 36.7 Å². The molecule has 0 unspecified atom stereocenters. The number of aromatic amines is 1. The first-order chi connectivity index (χ1) is 16.5. The molecule has 184 valence electrons. The third kappa shape index (κ3) is 6.05. The van der Waals surface area contributed by atoms with E-state index in [2.05, 4.69) is 18.8 Å². The predicted octanol–water partition coefficient (Wildman–Crippen LogP) is 4.76. The number of fused-ring (bicyclic) bond motifs is 1. The molecule has 8 heteroatoms. The minimum Gasteiger partial charge on any atom is -0.493 e. The Kier molecular flexibility index (Phi) is 9.27. The Morgan fingerprint density at radius 2 is 1.97 bits per heavy atom. The van der Waals surface area contributed by atoms with Crippen LogP contribution in [0.1, 0.15) is 70.4 Å². The van der Waals surface area contributed by atoms with E-state index >= 15 is 0 Å². The van der Waals surface area contributed by atoms with Gasteiger partial charge >= 0.3 is 0 Å². The normalized spacial score (nSPS) is 11.2. The van der Waals surface area contributed by atoms with Crippen LogP contribution in [0.2, 0.25) is 0 Å². The number of nitrogens with one attached hydrogen (secondary N) is 2. The lowest BCUT2D eigenvalue weighted by Crippen LogP contribution is -2.17. The van der Waals surface area contributed by atoms with Gasteiger partial charge in [0.15, 0.2) is 0 Å². The molecule has 0 radical (unpaired) electrons. The molecule has 3 N–H and O–H groups in total. The number of carbonyl (C=O) groups is 1. The van der Waals surface area contributed by atoms with Crippen molar-refractivity contribution in [2.45, 2.75) is 78.7 Å². The van der Waals surface area contributed by atoms with Gasteiger partial charge in [0, 0.05) is 19.2 Å². The van der Waals surface area contributed by atoms with Crippen molar-refractivity contribution in [3.8, 4) is 17.1 Å². The molecule has 0 saturated carbocycles. The SMILES string of the molecule is CCCOc1ccc(CCCCCC(=O)NO)cc1-c1nc2c(CCC)cn(CC)c2c(=O)[nH]1. The summed E-state index contributed by atoms with van der Waals surface area (Å²) in [6.07, 6.45) is 8.43. The molecule has 0 aliphatic rings. The molecule has 0 aliphatic carbocycles. The molecule has 1 aromatic carbocycles. The molecule has 0 atom stereocenters. The zero-order valence-corrected chi connectivity index (χ0v) is 20.4. The van der Waals surface area contributed by atoms with Gasteiger partial charge < -0.3 is 14.3 Å². The van der Waals surface area contributed by atoms with Gasteiger partial charge in [0.05, 0.1) is 17.7 Å². The van der Waals surface area contributed by atoms with Gasteiger partial charge in [-0.3, -0.25) is 14.8 Å². The maximum atomic E-state index is 13.1. The van der Waals surface area contributed by atoms with Crippen molar-refractivity contribution < 1.29 is 14.7 Å². The van der Waals surface area contributed by atoms with Crippen molar-refractivity contribution in [1.29, 1.82) is 0 Å². The molecule has 0 bridgehead atoms. The fourth-order valence-electron chi connectivity index (χ4n) is 4.20. The molecule has 1 amide bonds. The van der Waals surface area contributed by atoms with Crippen molar-refractivity contribution in [3.63, 3.8) is 0 Å². The third-order valence-corrected chi connectivity index (χ3v) is 5.91. The summed E-state index contributed by atoms with van der Waals surface area (Å²) in [7, 11) is 0. The second-order valence-electron chi connectivity index (χ2n) is 8.58. The summed E-state index contributed by atoms with van der Waals surface area (Å²) < 4.78 is 7.97. The Labute approximate surface area is 200 Å². The molecule has 0 saturated heterocycles. The number of H-pyrrole nitrogens is 1. The largest absolute Gasteiger partial charge is 0.493 e. The Morgan fingerprint density at radius 3 is 2.68 bits per heavy atom. The molecule has 34 heavy (non-hydrogen) atoms. The second kappa shape index (κ2) is 12.4. The van der Waals surface area contributed by atoms with E-state index in [1.807, 2.05) is 35.9 Å². The zero-order chi connectivity index (χ0) is 24.5. The summed E-state index contributed by atoms with van der Waals surface area (Å²) in [6, 6.07) is 6.04. The number of hydrogen-bond acceptors (Lipinski definition) is 5. The maximum Gasteiger partial charge on any atom is 0.275 e. The fourth-order valence-corrected chi connectivity index (χ4v) is 4.20. The van der Waals surface area contributed by atoms with Gasteiger partial charge in [-0.05, 0) is 62.3 Å². The molecular weight excluding hydrogens is 432 g/mol. The van der Waals surface area contributed by atoms with Crippen LogP contribution in [0.25, 0.3) is 22.4 Å². The van der Waals surface area contributed by atoms with Crippen LogP contribution in [-0.2, 0) is 24.2 Å². The van der Waals surface area contributed by atoms with Crippen LogP contribution in [0.3, 0.4) is 0 Å². The Morgan fingerprint density at radius 1 is 1.15 bits per heavy atom. The van der Waals surface area contributed by atoms with Gasteiger partial charge in [0.25, 0.3) is 5.56 Å². The number of carbonyl (C=O) groups excluding carboxylic acids is 1. The average Bonchev–Trinajstić information content (AvgIpc) is 3.21. The van der Waals surface area contributed by atoms with Crippen LogP contribution < -0.4 is 15.8 Å². The number of unbranched alkanes of at least 4 members (excludes halogenated alkanes) is 2. The van der Waals surface area contributed by atoms with Crippen LogP contribution in [0.5, 0.6) is 5.75 Å². The Bertz CT molecular complexity index is 1170. The maximum absolute atomic E-state index is 13.1. The van der Waals surface area contributed by atoms with E-state index in [1.165, 1.54) is 0 Å². The van der Waals surface area contributed by atoms with Crippen LogP contribution in [0.4, 0.5) is 0 Å². The fraction of sp³-hybridized carbons (Fsp3) is 0.500. The first-order valence-electron chi connectivity index (χ1n) is 12.3. The number of aromatic nitrogens is 3. The van der Waals surface area contributed by atoms with Gasteiger partial charge in [-0.2, -0.15) is 0 Å². The number of benzene rings is 1. The summed E-state index contributed by atoms with van der Waals surface area (Å²) in [5.41, 5.74) is 5.90. The summed E-state index contributed by atoms with van der Waals surface area (Å²) in [6.45, 7) is 7.50. The highest BCUT2D eigenvalue weighted by atomic mass is 16.5. The Balaban J connectivity index is 1.94. The first-order valence-corrected chi connectivity index (χ1v) is 12.3. The van der Waals surface area contributed by atoms with E-state index < -0.39 is 0 Å². The first kappa shape index (κ1) is 25.5. The van der Waals surface area contributed by atoms with E-state index in [-0.39, 0.29) is 11.5 Å². The topological polar surface area (TPSA) is 109 Å². The van der Waals surface area contributed by atoms with E-state index in [4.69, 9.17) is 14.9 Å². The third-order valence-electron chi connectivity index (χ3n) is 5.91. The smallest absolute Gasteiger partial charge is 0.275 e. The number of hydrogen-bond donors (Lipinski definition) is 3. The molecule has 0 spiro atoms. The quantitative estimate of drug-likeness (QED) is 0.190. The second-order valence-corrected chi connectivity index (χ2v) is 8.58. The van der Waals surface area contributed by atoms with Crippen molar-refractivity contribution in [2.24, 2.45) is 0 Å². The number of ether oxygens (including phenoxy) is 1. The van der Waals surface area contributed by atoms with Crippen molar-refractivity contribution in [2.75, 3.05) is 6.61 Å². The molecule has 3 rings (SSSR count). The highest BCUT2D eigenvalue weighted by molar-refractivity contribution is 5.81. The molecular formula is C26H36N4O4. The molecule has 8 nitrogen and oxygen atoms in total. The van der Waals surface area contributed by atoms with Gasteiger partial charge in [0.2, 0.25) is 5.91 Å². The average molecular weight is 469 g/mol. The van der Waals surface area contributed by atoms with E-state index in [9.17, 15) is 9.59 Å². The molecule has 3 aromatic rings. The van der Waals surface area contributed by atoms with Crippen molar-refractivity contribution in [1.82, 2.24) is 20.0 Å². The molecule has 0 fully saturated rings. The number of amides is 1. The minimum absolute atomic E-state index is 0.141. The lowest BCUT2D eigenvalue weighted by molar-refractivity contribution is -0.129. The number of rotatable bonds is 13. The molecule has 2 heterocycles. The van der Waals surface area contributed by atoms with Gasteiger partial charge in [-0.15, -0.1) is 0 Å². The van der Waals surface area contributed by atoms with Gasteiger partial charge in [-0.1, -0.05) is 32.8 Å². The van der Waals surface area contributed by atoms with Crippen LogP contribution in [0.15, 0.2) is 29.2 Å². The van der Waals surface area contributed by atoms with Crippen LogP contribution in [-0.4, -0.2) is 32.3 Å². The summed E-state index contributed by atoms with van der Waals surface area (Å²) in [5.74, 6) is 0.875. The highest BCUT2D eigenvalue weighted by Gasteiger charge is 2.17. The van der Waals surface area contributed by atoms with Gasteiger partial charge in [0.1, 0.15) is 17.1 Å². The van der Waals surface area contributed by atoms with Crippen molar-refractivity contribution in [3.05, 3.63) is 45.9 Å². The number of aryl methyl sites for hydroxylation is 3. The predicted molar refractivity (Wildman–Crippen MR) is 133 cm³/mol. The summed E-state index contributed by atoms with van der Waals surface area (Å²) in [4.78, 5) is 32.2. The van der Waals surface area contributed by atoms with Crippen LogP contribution >= 0.6 is 0 Å². The molecule has 2 aromatic heterocycles. The van der Waals surface area contributed by atoms with Gasteiger partial charge in [-0.25, -0.2) is 10.5 Å². The Hall–Kier alpha value is -3.13. The number of hydroxylamine groups is 1. The minimum atomic E-state index is -0.357. The van der Waals surface area contributed by atoms with Crippen molar-refractivity contribution >= 4 is 16.9 Å². The van der Waals surface area contributed by atoms with E-state index in [1.54, 1.807) is 5.48 Å². The summed E-state index contributed by atoms with van der Waals surface area (Å²) in [5, 5.41) is 8.60. The summed E-state index contributed by atoms with van der Waals surface area (Å²) >= 11 is 0. The number of nitrogens with zero attached hydrogens (tertiary/aromatic N) is 2. The lowest BCUT2D eigenvalue weighted by Gasteiger charge is -2.13. The zero-order valence-electron chi connectivity index (χ0n) is 20.4. The highest BCUT2D eigenvalue weighted by Crippen LogP contribution is 2.31. The lowest BCUT2D eigenvalue weighted by atomic mass is 10.0. The monoisotopic (exact) mass is 468 g/mol.